The van der Waals surface area contributed by atoms with Crippen LogP contribution in [0.1, 0.15) is 18.4 Å². The van der Waals surface area contributed by atoms with Crippen LogP contribution in [-0.4, -0.2) is 15.4 Å². The summed E-state index contributed by atoms with van der Waals surface area (Å²) >= 11 is 1.38. The molecule has 0 amide bonds. The molecule has 0 saturated carbocycles. The van der Waals surface area contributed by atoms with Crippen LogP contribution >= 0.6 is 11.3 Å². The number of pyridine rings is 1. The lowest BCUT2D eigenvalue weighted by Gasteiger charge is -2.06. The zero-order valence-corrected chi connectivity index (χ0v) is 16.2. The third-order valence-corrected chi connectivity index (χ3v) is 4.87. The number of hydrogen-bond acceptors (Lipinski definition) is 5. The van der Waals surface area contributed by atoms with Gasteiger partial charge in [0.1, 0.15) is 23.0 Å². The summed E-state index contributed by atoms with van der Waals surface area (Å²) in [7, 11) is 0. The highest BCUT2D eigenvalue weighted by Crippen LogP contribution is 2.24. The molecular formula is C21H17FN4OS. The van der Waals surface area contributed by atoms with Gasteiger partial charge in [-0.1, -0.05) is 12.1 Å². The fourth-order valence-electron chi connectivity index (χ4n) is 2.69. The van der Waals surface area contributed by atoms with Gasteiger partial charge in [0, 0.05) is 17.1 Å². The molecule has 0 bridgehead atoms. The van der Waals surface area contributed by atoms with Crippen LogP contribution in [0.5, 0.6) is 0 Å². The van der Waals surface area contributed by atoms with E-state index >= 15 is 0 Å². The number of thiazole rings is 1. The molecule has 4 rings (SSSR count). The molecule has 0 unspecified atom stereocenters. The van der Waals surface area contributed by atoms with Crippen LogP contribution in [-0.2, 0) is 0 Å². The van der Waals surface area contributed by atoms with Crippen LogP contribution in [0, 0.1) is 12.7 Å². The first-order chi connectivity index (χ1) is 13.6. The van der Waals surface area contributed by atoms with Crippen molar-refractivity contribution in [2.24, 2.45) is 10.1 Å². The number of benzene rings is 1. The van der Waals surface area contributed by atoms with E-state index in [1.807, 2.05) is 43.5 Å². The SMILES string of the molecule is CC(=Nn1c(-c2ccccc2F)csc1=Nc1cccnc1)c1ccc(C)o1. The van der Waals surface area contributed by atoms with Crippen molar-refractivity contribution in [2.45, 2.75) is 13.8 Å². The van der Waals surface area contributed by atoms with Crippen molar-refractivity contribution in [3.8, 4) is 11.3 Å². The van der Waals surface area contributed by atoms with Gasteiger partial charge in [-0.2, -0.15) is 5.10 Å². The molecule has 0 aliphatic heterocycles. The van der Waals surface area contributed by atoms with E-state index < -0.39 is 0 Å². The van der Waals surface area contributed by atoms with Gasteiger partial charge in [-0.3, -0.25) is 4.98 Å². The Kier molecular flexibility index (Phi) is 4.99. The van der Waals surface area contributed by atoms with Crippen molar-refractivity contribution in [2.75, 3.05) is 0 Å². The van der Waals surface area contributed by atoms with Gasteiger partial charge in [-0.25, -0.2) is 14.1 Å². The molecule has 5 nitrogen and oxygen atoms in total. The fraction of sp³-hybridized carbons (Fsp3) is 0.0952. The maximum Gasteiger partial charge on any atom is 0.211 e. The lowest BCUT2D eigenvalue weighted by atomic mass is 10.1. The van der Waals surface area contributed by atoms with Crippen molar-refractivity contribution >= 4 is 22.7 Å². The Bertz CT molecular complexity index is 1200. The summed E-state index contributed by atoms with van der Waals surface area (Å²) in [6, 6.07) is 14.0. The standard InChI is InChI=1S/C21H17FN4OS/c1-14-9-10-20(27-14)15(2)25-26-19(17-7-3-4-8-18(17)22)13-28-21(26)24-16-6-5-11-23-12-16/h3-13H,1-2H3. The smallest absolute Gasteiger partial charge is 0.211 e. The number of nitrogens with zero attached hydrogens (tertiary/aromatic N) is 4. The van der Waals surface area contributed by atoms with Crippen molar-refractivity contribution in [3.05, 3.63) is 88.4 Å². The fourth-order valence-corrected chi connectivity index (χ4v) is 3.53. The van der Waals surface area contributed by atoms with Crippen molar-refractivity contribution in [1.82, 2.24) is 9.66 Å². The molecule has 140 valence electrons. The molecule has 28 heavy (non-hydrogen) atoms. The van der Waals surface area contributed by atoms with Gasteiger partial charge in [0.15, 0.2) is 0 Å². The Labute approximate surface area is 165 Å². The molecule has 0 atom stereocenters. The maximum absolute atomic E-state index is 14.4. The predicted octanol–water partition coefficient (Wildman–Crippen LogP) is 5.16. The minimum absolute atomic E-state index is 0.316. The Balaban J connectivity index is 1.92. The molecule has 0 aliphatic carbocycles. The van der Waals surface area contributed by atoms with E-state index in [0.29, 0.717) is 33.2 Å². The summed E-state index contributed by atoms with van der Waals surface area (Å²) in [5, 5.41) is 6.53. The number of aryl methyl sites for hydroxylation is 1. The van der Waals surface area contributed by atoms with Crippen LogP contribution in [0.25, 0.3) is 11.3 Å². The summed E-state index contributed by atoms with van der Waals surface area (Å²) in [4.78, 5) is 9.32. The van der Waals surface area contributed by atoms with Crippen LogP contribution in [0.4, 0.5) is 10.1 Å². The first kappa shape index (κ1) is 18.1. The lowest BCUT2D eigenvalue weighted by molar-refractivity contribution is 0.524. The van der Waals surface area contributed by atoms with Gasteiger partial charge >= 0.3 is 0 Å². The van der Waals surface area contributed by atoms with E-state index in [2.05, 4.69) is 15.1 Å². The normalized spacial score (nSPS) is 12.5. The molecule has 3 aromatic heterocycles. The van der Waals surface area contributed by atoms with Gasteiger partial charge < -0.3 is 4.42 Å². The molecule has 0 radical (unpaired) electrons. The topological polar surface area (TPSA) is 55.7 Å². The molecule has 3 heterocycles. The number of furan rings is 1. The van der Waals surface area contributed by atoms with Crippen LogP contribution in [0.15, 0.2) is 80.8 Å². The number of aromatic nitrogens is 2. The second-order valence-electron chi connectivity index (χ2n) is 6.11. The number of rotatable bonds is 4. The van der Waals surface area contributed by atoms with E-state index in [0.717, 1.165) is 5.76 Å². The number of halogens is 1. The van der Waals surface area contributed by atoms with E-state index in [1.165, 1.54) is 17.4 Å². The zero-order chi connectivity index (χ0) is 19.5. The van der Waals surface area contributed by atoms with Crippen LogP contribution < -0.4 is 4.80 Å². The zero-order valence-electron chi connectivity index (χ0n) is 15.3. The largest absolute Gasteiger partial charge is 0.460 e. The number of hydrogen-bond donors (Lipinski definition) is 0. The molecule has 4 aromatic rings. The highest BCUT2D eigenvalue weighted by molar-refractivity contribution is 7.07. The van der Waals surface area contributed by atoms with Gasteiger partial charge in [-0.05, 0) is 50.2 Å². The molecule has 0 N–H and O–H groups in total. The average Bonchev–Trinajstić information content (AvgIpc) is 3.30. The van der Waals surface area contributed by atoms with E-state index in [4.69, 9.17) is 4.42 Å². The Morgan fingerprint density at radius 2 is 2.00 bits per heavy atom. The minimum Gasteiger partial charge on any atom is -0.460 e. The lowest BCUT2D eigenvalue weighted by Crippen LogP contribution is -2.14. The highest BCUT2D eigenvalue weighted by atomic mass is 32.1. The molecule has 0 aliphatic rings. The van der Waals surface area contributed by atoms with Crippen molar-refractivity contribution in [1.29, 1.82) is 0 Å². The van der Waals surface area contributed by atoms with Gasteiger partial charge in [-0.15, -0.1) is 11.3 Å². The second-order valence-corrected chi connectivity index (χ2v) is 6.95. The Hall–Kier alpha value is -3.32. The highest BCUT2D eigenvalue weighted by Gasteiger charge is 2.13. The monoisotopic (exact) mass is 392 g/mol. The predicted molar refractivity (Wildman–Crippen MR) is 108 cm³/mol. The third-order valence-electron chi connectivity index (χ3n) is 4.05. The quantitative estimate of drug-likeness (QED) is 0.451. The summed E-state index contributed by atoms with van der Waals surface area (Å²) in [5.41, 5.74) is 2.43. The molecule has 1 aromatic carbocycles. The van der Waals surface area contributed by atoms with E-state index in [1.54, 1.807) is 35.3 Å². The maximum atomic E-state index is 14.4. The van der Waals surface area contributed by atoms with Crippen LogP contribution in [0.2, 0.25) is 0 Å². The molecule has 0 saturated heterocycles. The average molecular weight is 392 g/mol. The molecular weight excluding hydrogens is 375 g/mol. The first-order valence-corrected chi connectivity index (χ1v) is 9.52. The first-order valence-electron chi connectivity index (χ1n) is 8.64. The third kappa shape index (κ3) is 3.70. The van der Waals surface area contributed by atoms with Gasteiger partial charge in [0.05, 0.1) is 17.6 Å². The van der Waals surface area contributed by atoms with Gasteiger partial charge in [0.2, 0.25) is 4.80 Å². The molecule has 7 heteroatoms. The minimum atomic E-state index is -0.316. The summed E-state index contributed by atoms with van der Waals surface area (Å²) in [6.07, 6.45) is 3.35. The summed E-state index contributed by atoms with van der Waals surface area (Å²) in [5.74, 6) is 1.14. The second kappa shape index (κ2) is 7.74. The van der Waals surface area contributed by atoms with Crippen molar-refractivity contribution in [3.63, 3.8) is 0 Å². The summed E-state index contributed by atoms with van der Waals surface area (Å²) < 4.78 is 21.7. The van der Waals surface area contributed by atoms with Crippen LogP contribution in [0.3, 0.4) is 0 Å². The van der Waals surface area contributed by atoms with E-state index in [-0.39, 0.29) is 5.82 Å². The summed E-state index contributed by atoms with van der Waals surface area (Å²) in [6.45, 7) is 3.73. The van der Waals surface area contributed by atoms with Crippen molar-refractivity contribution < 1.29 is 8.81 Å². The molecule has 0 fully saturated rings. The van der Waals surface area contributed by atoms with E-state index in [9.17, 15) is 4.39 Å². The van der Waals surface area contributed by atoms with Gasteiger partial charge in [0.25, 0.3) is 0 Å². The Morgan fingerprint density at radius 3 is 2.71 bits per heavy atom. The Morgan fingerprint density at radius 1 is 1.14 bits per heavy atom. The molecule has 0 spiro atoms.